The molecule has 0 aliphatic carbocycles. The number of aliphatic hydroxyl groups is 1. The summed E-state index contributed by atoms with van der Waals surface area (Å²) in [6.07, 6.45) is 2.39. The number of rotatable bonds is 0. The molecule has 4 nitrogen and oxygen atoms in total. The van der Waals surface area contributed by atoms with Gasteiger partial charge < -0.3 is 5.11 Å². The van der Waals surface area contributed by atoms with Crippen molar-refractivity contribution in [3.05, 3.63) is 12.2 Å². The first-order chi connectivity index (χ1) is 4.70. The average Bonchev–Trinajstić information content (AvgIpc) is 2.17. The molecule has 0 aromatic heterocycles. The first-order valence-electron chi connectivity index (χ1n) is 2.84. The van der Waals surface area contributed by atoms with Crippen molar-refractivity contribution >= 4 is 11.8 Å². The highest BCUT2D eigenvalue weighted by Crippen LogP contribution is 1.82. The summed E-state index contributed by atoms with van der Waals surface area (Å²) in [5.74, 6) is -0.657. The van der Waals surface area contributed by atoms with Gasteiger partial charge >= 0.3 is 0 Å². The third-order valence-corrected chi connectivity index (χ3v) is 0.632. The Bertz CT molecular complexity index is 146. The van der Waals surface area contributed by atoms with Gasteiger partial charge in [-0.1, -0.05) is 0 Å². The Balaban J connectivity index is 0.000000236. The average molecular weight is 143 g/mol. The zero-order valence-corrected chi connectivity index (χ0v) is 5.63. The summed E-state index contributed by atoms with van der Waals surface area (Å²) in [4.78, 5) is 20.1. The van der Waals surface area contributed by atoms with Crippen molar-refractivity contribution < 1.29 is 14.7 Å². The zero-order chi connectivity index (χ0) is 7.98. The summed E-state index contributed by atoms with van der Waals surface area (Å²) in [5.41, 5.74) is 0. The number of carbonyl (C=O) groups is 2. The van der Waals surface area contributed by atoms with Crippen molar-refractivity contribution in [3.8, 4) is 0 Å². The number of aliphatic hydroxyl groups excluding tert-OH is 1. The Labute approximate surface area is 58.5 Å². The lowest BCUT2D eigenvalue weighted by Crippen LogP contribution is -2.19. The summed E-state index contributed by atoms with van der Waals surface area (Å²) >= 11 is 0. The number of hydrogen-bond donors (Lipinski definition) is 2. The predicted molar refractivity (Wildman–Crippen MR) is 35.0 cm³/mol. The fraction of sp³-hybridized carbons (Fsp3) is 0.333. The lowest BCUT2D eigenvalue weighted by atomic mass is 10.6. The molecule has 0 radical (unpaired) electrons. The van der Waals surface area contributed by atoms with Crippen LogP contribution in [0.1, 0.15) is 6.92 Å². The van der Waals surface area contributed by atoms with Gasteiger partial charge in [0.05, 0.1) is 0 Å². The van der Waals surface area contributed by atoms with E-state index in [0.29, 0.717) is 0 Å². The van der Waals surface area contributed by atoms with E-state index >= 15 is 0 Å². The van der Waals surface area contributed by atoms with Gasteiger partial charge in [-0.05, 0) is 6.92 Å². The quantitative estimate of drug-likeness (QED) is 0.436. The maximum Gasteiger partial charge on any atom is 0.250 e. The second kappa shape index (κ2) is 4.69. The van der Waals surface area contributed by atoms with Crippen LogP contribution in [0.5, 0.6) is 0 Å². The number of hydrogen-bond acceptors (Lipinski definition) is 3. The van der Waals surface area contributed by atoms with Gasteiger partial charge in [-0.25, -0.2) is 0 Å². The summed E-state index contributed by atoms with van der Waals surface area (Å²) in [5, 5.41) is 9.60. The van der Waals surface area contributed by atoms with Crippen LogP contribution in [0.3, 0.4) is 0 Å². The monoisotopic (exact) mass is 143 g/mol. The van der Waals surface area contributed by atoms with Crippen LogP contribution in [0, 0.1) is 0 Å². The summed E-state index contributed by atoms with van der Waals surface area (Å²) < 4.78 is 0. The molecule has 0 atom stereocenters. The Morgan fingerprint density at radius 2 is 1.70 bits per heavy atom. The second-order valence-electron chi connectivity index (χ2n) is 1.50. The first-order valence-corrected chi connectivity index (χ1v) is 2.84. The van der Waals surface area contributed by atoms with Gasteiger partial charge in [0, 0.05) is 18.8 Å². The van der Waals surface area contributed by atoms with Gasteiger partial charge in [-0.3, -0.25) is 14.9 Å². The Hall–Kier alpha value is -1.16. The molecule has 0 bridgehead atoms. The SMILES string of the molecule is CCO.O=C1C=CC(=O)N1. The molecule has 0 saturated carbocycles. The van der Waals surface area contributed by atoms with Gasteiger partial charge in [0.15, 0.2) is 0 Å². The molecule has 0 saturated heterocycles. The van der Waals surface area contributed by atoms with Crippen molar-refractivity contribution in [2.24, 2.45) is 0 Å². The smallest absolute Gasteiger partial charge is 0.250 e. The maximum absolute atomic E-state index is 10.0. The largest absolute Gasteiger partial charge is 0.397 e. The van der Waals surface area contributed by atoms with E-state index in [0.717, 1.165) is 0 Å². The third-order valence-electron chi connectivity index (χ3n) is 0.632. The van der Waals surface area contributed by atoms with Crippen LogP contribution in [0.2, 0.25) is 0 Å². The van der Waals surface area contributed by atoms with E-state index in [4.69, 9.17) is 5.11 Å². The predicted octanol–water partition coefficient (Wildman–Crippen LogP) is -0.802. The number of imide groups is 1. The van der Waals surface area contributed by atoms with E-state index in [2.05, 4.69) is 0 Å². The lowest BCUT2D eigenvalue weighted by Gasteiger charge is -1.80. The molecule has 2 N–H and O–H groups in total. The van der Waals surface area contributed by atoms with E-state index in [9.17, 15) is 9.59 Å². The molecule has 1 heterocycles. The Morgan fingerprint density at radius 3 is 1.80 bits per heavy atom. The molecule has 0 fully saturated rings. The normalized spacial score (nSPS) is 14.2. The highest BCUT2D eigenvalue weighted by molar-refractivity contribution is 6.12. The van der Waals surface area contributed by atoms with Gasteiger partial charge in [0.1, 0.15) is 0 Å². The molecule has 0 spiro atoms. The van der Waals surface area contributed by atoms with Gasteiger partial charge in [0.2, 0.25) is 0 Å². The minimum Gasteiger partial charge on any atom is -0.397 e. The highest BCUT2D eigenvalue weighted by atomic mass is 16.2. The molecular weight excluding hydrogens is 134 g/mol. The van der Waals surface area contributed by atoms with Gasteiger partial charge in [-0.15, -0.1) is 0 Å². The van der Waals surface area contributed by atoms with Crippen LogP contribution in [0.4, 0.5) is 0 Å². The minimum atomic E-state index is -0.329. The Morgan fingerprint density at radius 1 is 1.40 bits per heavy atom. The molecule has 2 amide bonds. The molecule has 1 rings (SSSR count). The molecule has 0 aromatic rings. The lowest BCUT2D eigenvalue weighted by molar-refractivity contribution is -0.123. The van der Waals surface area contributed by atoms with Crippen molar-refractivity contribution in [1.82, 2.24) is 5.32 Å². The van der Waals surface area contributed by atoms with Gasteiger partial charge in [-0.2, -0.15) is 0 Å². The van der Waals surface area contributed by atoms with Crippen LogP contribution in [-0.4, -0.2) is 23.5 Å². The molecule has 56 valence electrons. The molecule has 0 unspecified atom stereocenters. The van der Waals surface area contributed by atoms with Crippen molar-refractivity contribution in [3.63, 3.8) is 0 Å². The fourth-order valence-electron chi connectivity index (χ4n) is 0.356. The van der Waals surface area contributed by atoms with Gasteiger partial charge in [0.25, 0.3) is 11.8 Å². The molecule has 0 aromatic carbocycles. The van der Waals surface area contributed by atoms with Crippen LogP contribution >= 0.6 is 0 Å². The maximum atomic E-state index is 10.0. The van der Waals surface area contributed by atoms with E-state index in [-0.39, 0.29) is 18.4 Å². The van der Waals surface area contributed by atoms with E-state index in [1.54, 1.807) is 6.92 Å². The molecule has 4 heteroatoms. The third kappa shape index (κ3) is 3.80. The Kier molecular flexibility index (Phi) is 4.15. The highest BCUT2D eigenvalue weighted by Gasteiger charge is 2.06. The minimum absolute atomic E-state index is 0.250. The molecule has 1 aliphatic rings. The number of amides is 2. The topological polar surface area (TPSA) is 66.4 Å². The van der Waals surface area contributed by atoms with Crippen LogP contribution < -0.4 is 5.32 Å². The molecular formula is C6H9NO3. The van der Waals surface area contributed by atoms with E-state index in [1.807, 2.05) is 5.32 Å². The van der Waals surface area contributed by atoms with Crippen molar-refractivity contribution in [2.45, 2.75) is 6.92 Å². The standard InChI is InChI=1S/C4H3NO2.C2H6O/c6-3-1-2-4(7)5-3;1-2-3/h1-2H,(H,5,6,7);3H,2H2,1H3. The second-order valence-corrected chi connectivity index (χ2v) is 1.50. The summed E-state index contributed by atoms with van der Waals surface area (Å²) in [6.45, 7) is 1.93. The molecule has 1 aliphatic heterocycles. The number of carbonyl (C=O) groups excluding carboxylic acids is 2. The van der Waals surface area contributed by atoms with Crippen LogP contribution in [0.15, 0.2) is 12.2 Å². The first kappa shape index (κ1) is 8.84. The van der Waals surface area contributed by atoms with Crippen LogP contribution in [-0.2, 0) is 9.59 Å². The molecule has 10 heavy (non-hydrogen) atoms. The summed E-state index contributed by atoms with van der Waals surface area (Å²) in [6, 6.07) is 0. The zero-order valence-electron chi connectivity index (χ0n) is 5.63. The van der Waals surface area contributed by atoms with E-state index < -0.39 is 0 Å². The fourth-order valence-corrected chi connectivity index (χ4v) is 0.356. The number of nitrogens with one attached hydrogen (secondary N) is 1. The van der Waals surface area contributed by atoms with E-state index in [1.165, 1.54) is 12.2 Å². The summed E-state index contributed by atoms with van der Waals surface area (Å²) in [7, 11) is 0. The van der Waals surface area contributed by atoms with Crippen LogP contribution in [0.25, 0.3) is 0 Å². The van der Waals surface area contributed by atoms with Crippen molar-refractivity contribution in [2.75, 3.05) is 6.61 Å². The van der Waals surface area contributed by atoms with Crippen molar-refractivity contribution in [1.29, 1.82) is 0 Å².